The number of anilines is 3. The van der Waals surface area contributed by atoms with Crippen LogP contribution in [0.3, 0.4) is 0 Å². The third kappa shape index (κ3) is 4.33. The molecule has 1 aromatic heterocycles. The first kappa shape index (κ1) is 17.7. The van der Waals surface area contributed by atoms with E-state index in [2.05, 4.69) is 25.2 Å². The van der Waals surface area contributed by atoms with E-state index in [0.29, 0.717) is 24.2 Å². The molecular weight excluding hydrogens is 342 g/mol. The molecular formula is C19H25N7O. The molecule has 2 aromatic rings. The number of benzene rings is 1. The van der Waals surface area contributed by atoms with Crippen LogP contribution in [0.1, 0.15) is 24.2 Å². The van der Waals surface area contributed by atoms with E-state index in [-0.39, 0.29) is 11.9 Å². The summed E-state index contributed by atoms with van der Waals surface area (Å²) in [6, 6.07) is 7.95. The fraction of sp³-hybridized carbons (Fsp3) is 0.474. The van der Waals surface area contributed by atoms with Gasteiger partial charge in [-0.05, 0) is 31.4 Å². The maximum Gasteiger partial charge on any atom is 0.232 e. The van der Waals surface area contributed by atoms with Crippen LogP contribution < -0.4 is 11.1 Å². The van der Waals surface area contributed by atoms with E-state index in [9.17, 15) is 4.79 Å². The highest BCUT2D eigenvalue weighted by Gasteiger charge is 2.34. The van der Waals surface area contributed by atoms with Gasteiger partial charge in [0.05, 0.1) is 6.54 Å². The van der Waals surface area contributed by atoms with Crippen LogP contribution in [0.5, 0.6) is 0 Å². The molecule has 1 aliphatic heterocycles. The number of nitrogens with zero attached hydrogens (tertiary/aromatic N) is 5. The van der Waals surface area contributed by atoms with Gasteiger partial charge in [0.2, 0.25) is 17.8 Å². The lowest BCUT2D eigenvalue weighted by Gasteiger charge is -2.34. The minimum absolute atomic E-state index is 0.207. The molecule has 0 radical (unpaired) electrons. The Morgan fingerprint density at radius 1 is 1.15 bits per heavy atom. The summed E-state index contributed by atoms with van der Waals surface area (Å²) in [5.74, 6) is 1.91. The Kier molecular flexibility index (Phi) is 4.89. The number of nitrogens with two attached hydrogens (primary N) is 1. The summed E-state index contributed by atoms with van der Waals surface area (Å²) in [4.78, 5) is 29.4. The quantitative estimate of drug-likeness (QED) is 0.827. The summed E-state index contributed by atoms with van der Waals surface area (Å²) in [5, 5.41) is 3.22. The van der Waals surface area contributed by atoms with Crippen LogP contribution in [-0.4, -0.2) is 56.8 Å². The predicted molar refractivity (Wildman–Crippen MR) is 103 cm³/mol. The van der Waals surface area contributed by atoms with Gasteiger partial charge in [0, 0.05) is 37.8 Å². The summed E-state index contributed by atoms with van der Waals surface area (Å²) in [6.07, 6.45) is 2.11. The van der Waals surface area contributed by atoms with Crippen LogP contribution in [0.4, 0.5) is 17.6 Å². The van der Waals surface area contributed by atoms with Crippen LogP contribution in [0.15, 0.2) is 24.3 Å². The zero-order valence-electron chi connectivity index (χ0n) is 15.6. The molecule has 8 nitrogen and oxygen atoms in total. The van der Waals surface area contributed by atoms with Crippen molar-refractivity contribution in [2.24, 2.45) is 5.92 Å². The second kappa shape index (κ2) is 7.48. The van der Waals surface area contributed by atoms with Crippen LogP contribution in [0.2, 0.25) is 0 Å². The van der Waals surface area contributed by atoms with E-state index in [1.54, 1.807) is 0 Å². The minimum Gasteiger partial charge on any atom is -0.368 e. The standard InChI is InChI=1S/C19H25N7O/c1-13-4-2-3-5-15(13)21-19-23-16(22-18(20)24-19)12-25-8-10-26(11-9-25)17(27)14-6-7-14/h2-5,14H,6-12H2,1H3,(H3,20,21,22,23,24). The molecule has 0 spiro atoms. The molecule has 0 atom stereocenters. The van der Waals surface area contributed by atoms with Gasteiger partial charge in [-0.3, -0.25) is 9.69 Å². The number of amides is 1. The molecule has 1 saturated carbocycles. The summed E-state index contributed by atoms with van der Waals surface area (Å²) >= 11 is 0. The first-order valence-corrected chi connectivity index (χ1v) is 9.43. The Labute approximate surface area is 158 Å². The monoisotopic (exact) mass is 367 g/mol. The Morgan fingerprint density at radius 3 is 2.59 bits per heavy atom. The molecule has 0 unspecified atom stereocenters. The first-order chi connectivity index (χ1) is 13.1. The Hall–Kier alpha value is -2.74. The van der Waals surface area contributed by atoms with E-state index >= 15 is 0 Å². The van der Waals surface area contributed by atoms with Gasteiger partial charge < -0.3 is 16.0 Å². The molecule has 2 heterocycles. The molecule has 27 heavy (non-hydrogen) atoms. The number of nitrogens with one attached hydrogen (secondary N) is 1. The summed E-state index contributed by atoms with van der Waals surface area (Å²) in [5.41, 5.74) is 7.94. The lowest BCUT2D eigenvalue weighted by atomic mass is 10.2. The van der Waals surface area contributed by atoms with Gasteiger partial charge in [-0.1, -0.05) is 18.2 Å². The maximum atomic E-state index is 12.2. The number of nitrogen functional groups attached to an aromatic ring is 1. The zero-order chi connectivity index (χ0) is 18.8. The number of hydrogen-bond donors (Lipinski definition) is 2. The zero-order valence-corrected chi connectivity index (χ0v) is 15.6. The van der Waals surface area contributed by atoms with Crippen LogP contribution in [0.25, 0.3) is 0 Å². The van der Waals surface area contributed by atoms with Gasteiger partial charge in [-0.15, -0.1) is 0 Å². The highest BCUT2D eigenvalue weighted by atomic mass is 16.2. The number of piperazine rings is 1. The molecule has 4 rings (SSSR count). The van der Waals surface area contributed by atoms with E-state index < -0.39 is 0 Å². The van der Waals surface area contributed by atoms with Crippen molar-refractivity contribution < 1.29 is 4.79 Å². The molecule has 2 aliphatic rings. The highest BCUT2D eigenvalue weighted by Crippen LogP contribution is 2.31. The second-order valence-corrected chi connectivity index (χ2v) is 7.25. The molecule has 0 bridgehead atoms. The average Bonchev–Trinajstić information content (AvgIpc) is 3.48. The third-order valence-electron chi connectivity index (χ3n) is 5.07. The van der Waals surface area contributed by atoms with Crippen molar-refractivity contribution in [3.8, 4) is 0 Å². The SMILES string of the molecule is Cc1ccccc1Nc1nc(N)nc(CN2CCN(C(=O)C3CC3)CC2)n1. The Balaban J connectivity index is 1.38. The number of para-hydroxylation sites is 1. The van der Waals surface area contributed by atoms with Gasteiger partial charge in [0.25, 0.3) is 0 Å². The van der Waals surface area contributed by atoms with Crippen LogP contribution in [-0.2, 0) is 11.3 Å². The van der Waals surface area contributed by atoms with Crippen molar-refractivity contribution in [1.29, 1.82) is 0 Å². The lowest BCUT2D eigenvalue weighted by Crippen LogP contribution is -2.48. The number of aromatic nitrogens is 3. The maximum absolute atomic E-state index is 12.2. The molecule has 2 fully saturated rings. The van der Waals surface area contributed by atoms with E-state index in [1.807, 2.05) is 36.1 Å². The minimum atomic E-state index is 0.207. The molecule has 1 aliphatic carbocycles. The molecule has 1 aromatic carbocycles. The van der Waals surface area contributed by atoms with Gasteiger partial charge in [-0.25, -0.2) is 0 Å². The fourth-order valence-electron chi connectivity index (χ4n) is 3.31. The van der Waals surface area contributed by atoms with Crippen LogP contribution >= 0.6 is 0 Å². The van der Waals surface area contributed by atoms with Crippen molar-refractivity contribution in [2.45, 2.75) is 26.3 Å². The van der Waals surface area contributed by atoms with Gasteiger partial charge in [0.1, 0.15) is 5.82 Å². The van der Waals surface area contributed by atoms with E-state index in [0.717, 1.165) is 50.3 Å². The number of rotatable bonds is 5. The Bertz CT molecular complexity index is 829. The average molecular weight is 367 g/mol. The summed E-state index contributed by atoms with van der Waals surface area (Å²) in [6.45, 7) is 5.81. The second-order valence-electron chi connectivity index (χ2n) is 7.25. The number of hydrogen-bond acceptors (Lipinski definition) is 7. The largest absolute Gasteiger partial charge is 0.368 e. The first-order valence-electron chi connectivity index (χ1n) is 9.43. The van der Waals surface area contributed by atoms with E-state index in [1.165, 1.54) is 0 Å². The van der Waals surface area contributed by atoms with Gasteiger partial charge >= 0.3 is 0 Å². The highest BCUT2D eigenvalue weighted by molar-refractivity contribution is 5.81. The molecule has 1 saturated heterocycles. The normalized spacial score (nSPS) is 17.7. The summed E-state index contributed by atoms with van der Waals surface area (Å²) in [7, 11) is 0. The summed E-state index contributed by atoms with van der Waals surface area (Å²) < 4.78 is 0. The number of carbonyl (C=O) groups is 1. The van der Waals surface area contributed by atoms with Crippen molar-refractivity contribution in [3.63, 3.8) is 0 Å². The van der Waals surface area contributed by atoms with Crippen molar-refractivity contribution in [3.05, 3.63) is 35.7 Å². The van der Waals surface area contributed by atoms with Crippen molar-refractivity contribution in [2.75, 3.05) is 37.2 Å². The van der Waals surface area contributed by atoms with Crippen molar-refractivity contribution >= 4 is 23.5 Å². The molecule has 8 heteroatoms. The molecule has 142 valence electrons. The number of aryl methyl sites for hydroxylation is 1. The lowest BCUT2D eigenvalue weighted by molar-refractivity contribution is -0.134. The molecule has 1 amide bonds. The topological polar surface area (TPSA) is 100 Å². The fourth-order valence-corrected chi connectivity index (χ4v) is 3.31. The molecule has 3 N–H and O–H groups in total. The van der Waals surface area contributed by atoms with Crippen molar-refractivity contribution in [1.82, 2.24) is 24.8 Å². The van der Waals surface area contributed by atoms with E-state index in [4.69, 9.17) is 5.73 Å². The van der Waals surface area contributed by atoms with Crippen LogP contribution in [0, 0.1) is 12.8 Å². The third-order valence-corrected chi connectivity index (χ3v) is 5.07. The van der Waals surface area contributed by atoms with Gasteiger partial charge in [0.15, 0.2) is 0 Å². The number of carbonyl (C=O) groups excluding carboxylic acids is 1. The smallest absolute Gasteiger partial charge is 0.232 e. The Morgan fingerprint density at radius 2 is 1.89 bits per heavy atom. The van der Waals surface area contributed by atoms with Gasteiger partial charge in [-0.2, -0.15) is 15.0 Å². The predicted octanol–water partition coefficient (Wildman–Crippen LogP) is 1.56.